The third kappa shape index (κ3) is 6.28. The Morgan fingerprint density at radius 1 is 1.16 bits per heavy atom. The number of methoxy groups -OCH3 is 1. The van der Waals surface area contributed by atoms with Gasteiger partial charge >= 0.3 is 0 Å². The molecule has 5 atom stereocenters. The van der Waals surface area contributed by atoms with Crippen molar-refractivity contribution in [1.29, 1.82) is 0 Å². The summed E-state index contributed by atoms with van der Waals surface area (Å²) >= 11 is 6.43. The van der Waals surface area contributed by atoms with Crippen molar-refractivity contribution in [3.63, 3.8) is 0 Å². The number of amides is 2. The van der Waals surface area contributed by atoms with Crippen LogP contribution in [0.2, 0.25) is 5.02 Å². The van der Waals surface area contributed by atoms with E-state index in [1.54, 1.807) is 13.2 Å². The van der Waals surface area contributed by atoms with Gasteiger partial charge in [0.15, 0.2) is 0 Å². The van der Waals surface area contributed by atoms with Crippen LogP contribution in [0.3, 0.4) is 0 Å². The maximum Gasteiger partial charge on any atom is 0.286 e. The summed E-state index contributed by atoms with van der Waals surface area (Å²) in [6, 6.07) is 11.7. The van der Waals surface area contributed by atoms with E-state index in [0.29, 0.717) is 36.8 Å². The van der Waals surface area contributed by atoms with Gasteiger partial charge in [-0.3, -0.25) is 14.3 Å². The summed E-state index contributed by atoms with van der Waals surface area (Å²) in [5.41, 5.74) is 3.53. The molecular formula is C35H42ClN3O5S. The SMILES string of the molecule is CO[C@H]1/C=C/CCCS(=O)(NC(=O)C2CC2)=NC(=O)c2ccc3c(c2)N(C[C@@H]2CC[C@H]21)C[C@@]1(CCCc2cc(Cl)ccc21)CO3. The number of anilines is 1. The summed E-state index contributed by atoms with van der Waals surface area (Å²) in [7, 11) is -1.52. The Kier molecular flexibility index (Phi) is 8.46. The second kappa shape index (κ2) is 12.4. The lowest BCUT2D eigenvalue weighted by atomic mass is 9.68. The van der Waals surface area contributed by atoms with Crippen molar-refractivity contribution in [1.82, 2.24) is 4.72 Å². The molecule has 7 rings (SSSR count). The van der Waals surface area contributed by atoms with Gasteiger partial charge in [-0.2, -0.15) is 0 Å². The molecule has 2 fully saturated rings. The second-order valence-corrected chi connectivity index (χ2v) is 16.1. The van der Waals surface area contributed by atoms with E-state index in [1.807, 2.05) is 18.2 Å². The van der Waals surface area contributed by atoms with E-state index in [-0.39, 0.29) is 29.1 Å². The number of rotatable bonds is 3. The van der Waals surface area contributed by atoms with Gasteiger partial charge in [-0.05, 0) is 111 Å². The molecule has 0 aromatic heterocycles. The molecule has 8 nitrogen and oxygen atoms in total. The predicted molar refractivity (Wildman–Crippen MR) is 176 cm³/mol. The number of allylic oxidation sites excluding steroid dienone is 1. The fourth-order valence-corrected chi connectivity index (χ4v) is 9.55. The largest absolute Gasteiger partial charge is 0.490 e. The van der Waals surface area contributed by atoms with Gasteiger partial charge in [0.05, 0.1) is 24.2 Å². The second-order valence-electron chi connectivity index (χ2n) is 13.5. The number of carbonyl (C=O) groups excluding carboxylic acids is 2. The van der Waals surface area contributed by atoms with Crippen LogP contribution in [0.25, 0.3) is 0 Å². The van der Waals surface area contributed by atoms with Crippen molar-refractivity contribution >= 4 is 39.0 Å². The number of hydrogen-bond donors (Lipinski definition) is 1. The van der Waals surface area contributed by atoms with E-state index < -0.39 is 15.8 Å². The molecule has 1 N–H and O–H groups in total. The van der Waals surface area contributed by atoms with Gasteiger partial charge in [0.1, 0.15) is 15.7 Å². The summed E-state index contributed by atoms with van der Waals surface area (Å²) in [5.74, 6) is 0.631. The summed E-state index contributed by atoms with van der Waals surface area (Å²) in [5, 5.41) is 0.751. The first-order chi connectivity index (χ1) is 21.8. The van der Waals surface area contributed by atoms with Gasteiger partial charge in [0, 0.05) is 42.1 Å². The normalized spacial score (nSPS) is 32.2. The number of aryl methyl sites for hydroxylation is 1. The summed E-state index contributed by atoms with van der Waals surface area (Å²) in [6.45, 7) is 2.08. The molecule has 2 aliphatic heterocycles. The Bertz CT molecular complexity index is 1650. The molecule has 1 spiro atoms. The van der Waals surface area contributed by atoms with Crippen molar-refractivity contribution in [2.45, 2.75) is 69.3 Å². The Morgan fingerprint density at radius 3 is 2.80 bits per heavy atom. The standard InChI is InChI=1S/C35H42ClN3O5S/c1-43-31-7-3-2-4-17-45(42,37-33(40)23-8-9-23)38-34(41)25-11-15-32-30(19-25)39(20-26-10-13-28(26)31)21-35(22-44-32)16-5-6-24-18-27(36)12-14-29(24)35/h3,7,11-12,14-15,18-19,23,26,28,31H,2,4-6,8-10,13,16-17,20-22H2,1H3,(H,37,38,40,41,42)/b7-3+/t26-,28+,31-,35-,45?/m0/s1. The molecule has 240 valence electrons. The highest BCUT2D eigenvalue weighted by Gasteiger charge is 2.44. The van der Waals surface area contributed by atoms with Crippen molar-refractivity contribution < 1.29 is 23.3 Å². The highest BCUT2D eigenvalue weighted by molar-refractivity contribution is 7.92. The quantitative estimate of drug-likeness (QED) is 0.394. The van der Waals surface area contributed by atoms with Crippen molar-refractivity contribution in [3.05, 3.63) is 70.3 Å². The number of nitrogens with one attached hydrogen (secondary N) is 1. The van der Waals surface area contributed by atoms with Crippen molar-refractivity contribution in [3.8, 4) is 5.75 Å². The lowest BCUT2D eigenvalue weighted by Crippen LogP contribution is -2.49. The van der Waals surface area contributed by atoms with Crippen LogP contribution in [-0.4, -0.2) is 54.7 Å². The number of benzene rings is 2. The lowest BCUT2D eigenvalue weighted by Gasteiger charge is -2.46. The molecule has 5 aliphatic rings. The lowest BCUT2D eigenvalue weighted by molar-refractivity contribution is -0.120. The third-order valence-electron chi connectivity index (χ3n) is 10.5. The number of carbonyl (C=O) groups is 2. The van der Waals surface area contributed by atoms with Gasteiger partial charge in [-0.15, -0.1) is 4.36 Å². The molecule has 2 aromatic carbocycles. The Hall–Kier alpha value is -2.88. The number of halogens is 1. The number of fused-ring (bicyclic) bond motifs is 4. The number of ether oxygens (including phenoxy) is 2. The minimum atomic E-state index is -3.29. The van der Waals surface area contributed by atoms with Crippen LogP contribution in [0.5, 0.6) is 5.75 Å². The molecular weight excluding hydrogens is 610 g/mol. The molecule has 2 aromatic rings. The first-order valence-corrected chi connectivity index (χ1v) is 18.4. The number of nitrogens with zero attached hydrogens (tertiary/aromatic N) is 2. The van der Waals surface area contributed by atoms with Gasteiger partial charge in [-0.25, -0.2) is 4.21 Å². The van der Waals surface area contributed by atoms with Crippen molar-refractivity contribution in [2.24, 2.45) is 22.1 Å². The van der Waals surface area contributed by atoms with Crippen LogP contribution in [0, 0.1) is 17.8 Å². The first kappa shape index (κ1) is 30.8. The van der Waals surface area contributed by atoms with Crippen LogP contribution in [0.1, 0.15) is 72.9 Å². The van der Waals surface area contributed by atoms with Gasteiger partial charge < -0.3 is 14.4 Å². The number of hydrogen-bond acceptors (Lipinski definition) is 6. The van der Waals surface area contributed by atoms with E-state index in [2.05, 4.69) is 38.3 Å². The molecule has 10 heteroatoms. The summed E-state index contributed by atoms with van der Waals surface area (Å²) in [4.78, 5) is 28.8. The van der Waals surface area contributed by atoms with Crippen LogP contribution in [0.4, 0.5) is 5.69 Å². The third-order valence-corrected chi connectivity index (χ3v) is 12.5. The minimum Gasteiger partial charge on any atom is -0.490 e. The molecule has 2 amide bonds. The zero-order valence-electron chi connectivity index (χ0n) is 25.8. The average molecular weight is 652 g/mol. The highest BCUT2D eigenvalue weighted by atomic mass is 35.5. The maximum absolute atomic E-state index is 14.0. The monoisotopic (exact) mass is 651 g/mol. The first-order valence-electron chi connectivity index (χ1n) is 16.4. The van der Waals surface area contributed by atoms with E-state index >= 15 is 0 Å². The Morgan fingerprint density at radius 2 is 2.02 bits per heavy atom. The van der Waals surface area contributed by atoms with Gasteiger partial charge in [-0.1, -0.05) is 29.8 Å². The summed E-state index contributed by atoms with van der Waals surface area (Å²) in [6.07, 6.45) is 12.2. The molecule has 0 saturated heterocycles. The highest BCUT2D eigenvalue weighted by Crippen LogP contribution is 2.47. The van der Waals surface area contributed by atoms with E-state index in [0.717, 1.165) is 74.5 Å². The minimum absolute atomic E-state index is 0.0117. The fraction of sp³-hybridized carbons (Fsp3) is 0.543. The molecule has 2 bridgehead atoms. The van der Waals surface area contributed by atoms with Crippen LogP contribution < -0.4 is 14.4 Å². The Balaban J connectivity index is 1.30. The topological polar surface area (TPSA) is 97.3 Å². The summed E-state index contributed by atoms with van der Waals surface area (Å²) < 4.78 is 33.4. The zero-order valence-corrected chi connectivity index (χ0v) is 27.4. The maximum atomic E-state index is 14.0. The Labute approximate surface area is 271 Å². The van der Waals surface area contributed by atoms with Gasteiger partial charge in [0.2, 0.25) is 5.91 Å². The van der Waals surface area contributed by atoms with Crippen LogP contribution in [-0.2, 0) is 31.3 Å². The smallest absolute Gasteiger partial charge is 0.286 e. The van der Waals surface area contributed by atoms with Crippen LogP contribution in [0.15, 0.2) is 52.9 Å². The van der Waals surface area contributed by atoms with E-state index in [4.69, 9.17) is 21.1 Å². The van der Waals surface area contributed by atoms with Crippen molar-refractivity contribution in [2.75, 3.05) is 37.5 Å². The van der Waals surface area contributed by atoms with E-state index in [1.165, 1.54) is 11.1 Å². The zero-order chi connectivity index (χ0) is 31.2. The van der Waals surface area contributed by atoms with E-state index in [9.17, 15) is 13.8 Å². The van der Waals surface area contributed by atoms with Crippen LogP contribution >= 0.6 is 11.6 Å². The molecule has 1 unspecified atom stereocenters. The predicted octanol–water partition coefficient (Wildman–Crippen LogP) is 6.25. The average Bonchev–Trinajstić information content (AvgIpc) is 3.87. The van der Waals surface area contributed by atoms with Gasteiger partial charge in [0.25, 0.3) is 5.91 Å². The molecule has 2 heterocycles. The molecule has 2 saturated carbocycles. The molecule has 45 heavy (non-hydrogen) atoms. The molecule has 0 radical (unpaired) electrons. The fourth-order valence-electron chi connectivity index (χ4n) is 7.70. The molecule has 3 aliphatic carbocycles.